The van der Waals surface area contributed by atoms with Gasteiger partial charge in [0.2, 0.25) is 0 Å². The molecule has 0 aromatic carbocycles. The summed E-state index contributed by atoms with van der Waals surface area (Å²) >= 11 is 0. The van der Waals surface area contributed by atoms with Crippen molar-refractivity contribution in [1.29, 1.82) is 0 Å². The van der Waals surface area contributed by atoms with E-state index in [9.17, 15) is 0 Å². The maximum Gasteiger partial charge on any atom is 0.0338 e. The molecule has 0 bridgehead atoms. The van der Waals surface area contributed by atoms with Crippen molar-refractivity contribution in [2.75, 3.05) is 0 Å². The molecule has 22 heavy (non-hydrogen) atoms. The minimum absolute atomic E-state index is 0.527. The van der Waals surface area contributed by atoms with E-state index < -0.39 is 0 Å². The first-order chi connectivity index (χ1) is 10.8. The number of hydrogen-bond acceptors (Lipinski definition) is 1. The highest BCUT2D eigenvalue weighted by atomic mass is 14.9. The van der Waals surface area contributed by atoms with Crippen LogP contribution in [0.3, 0.4) is 0 Å². The molecule has 3 aliphatic carbocycles. The predicted octanol–water partition coefficient (Wildman–Crippen LogP) is 5.57. The monoisotopic (exact) mass is 293 g/mol. The molecule has 0 saturated heterocycles. The highest BCUT2D eigenvalue weighted by molar-refractivity contribution is 5.35. The van der Waals surface area contributed by atoms with Gasteiger partial charge in [-0.05, 0) is 62.0 Å². The molecule has 0 aliphatic heterocycles. The lowest BCUT2D eigenvalue weighted by molar-refractivity contribution is 0.666. The molecule has 0 amide bonds. The fraction of sp³-hybridized carbons (Fsp3) is 0.429. The summed E-state index contributed by atoms with van der Waals surface area (Å²) in [6.45, 7) is 2.26. The summed E-state index contributed by atoms with van der Waals surface area (Å²) in [5, 5.41) is 3.58. The first-order valence-electron chi connectivity index (χ1n) is 8.70. The van der Waals surface area contributed by atoms with Gasteiger partial charge in [0.25, 0.3) is 0 Å². The van der Waals surface area contributed by atoms with Crippen LogP contribution in [-0.4, -0.2) is 0 Å². The summed E-state index contributed by atoms with van der Waals surface area (Å²) in [6, 6.07) is 0. The molecule has 0 aromatic rings. The van der Waals surface area contributed by atoms with Gasteiger partial charge in [-0.1, -0.05) is 55.5 Å². The van der Waals surface area contributed by atoms with Gasteiger partial charge in [0.05, 0.1) is 0 Å². The van der Waals surface area contributed by atoms with Gasteiger partial charge in [0.15, 0.2) is 0 Å². The van der Waals surface area contributed by atoms with E-state index in [0.29, 0.717) is 11.8 Å². The van der Waals surface area contributed by atoms with E-state index >= 15 is 0 Å². The van der Waals surface area contributed by atoms with Crippen molar-refractivity contribution in [2.45, 2.75) is 45.4 Å². The van der Waals surface area contributed by atoms with Gasteiger partial charge in [-0.15, -0.1) is 0 Å². The summed E-state index contributed by atoms with van der Waals surface area (Å²) in [4.78, 5) is 0. The summed E-state index contributed by atoms with van der Waals surface area (Å²) in [5.74, 6) is 1.22. The Labute approximate surface area is 134 Å². The zero-order valence-corrected chi connectivity index (χ0v) is 13.6. The van der Waals surface area contributed by atoms with Crippen LogP contribution in [0, 0.1) is 11.8 Å². The molecule has 0 saturated carbocycles. The van der Waals surface area contributed by atoms with Crippen LogP contribution in [-0.2, 0) is 0 Å². The van der Waals surface area contributed by atoms with Crippen molar-refractivity contribution >= 4 is 0 Å². The summed E-state index contributed by atoms with van der Waals surface area (Å²) in [6.07, 6.45) is 28.1. The Bertz CT molecular complexity index is 569. The lowest BCUT2D eigenvalue weighted by Gasteiger charge is -2.19. The van der Waals surface area contributed by atoms with Gasteiger partial charge in [-0.25, -0.2) is 0 Å². The molecule has 0 aromatic heterocycles. The Kier molecular flexibility index (Phi) is 5.15. The second-order valence-electron chi connectivity index (χ2n) is 6.65. The summed E-state index contributed by atoms with van der Waals surface area (Å²) in [7, 11) is 0. The molecule has 1 nitrogen and oxygen atoms in total. The Morgan fingerprint density at radius 2 is 2.00 bits per heavy atom. The number of nitrogens with one attached hydrogen (secondary N) is 1. The molecule has 2 atom stereocenters. The van der Waals surface area contributed by atoms with Crippen molar-refractivity contribution in [3.63, 3.8) is 0 Å². The predicted molar refractivity (Wildman–Crippen MR) is 95.2 cm³/mol. The normalized spacial score (nSPS) is 28.3. The zero-order chi connectivity index (χ0) is 15.2. The molecule has 116 valence electrons. The van der Waals surface area contributed by atoms with Gasteiger partial charge < -0.3 is 5.32 Å². The van der Waals surface area contributed by atoms with Crippen LogP contribution < -0.4 is 5.32 Å². The molecule has 0 radical (unpaired) electrons. The lowest BCUT2D eigenvalue weighted by Crippen LogP contribution is -2.15. The van der Waals surface area contributed by atoms with Crippen molar-refractivity contribution in [1.82, 2.24) is 5.32 Å². The van der Waals surface area contributed by atoms with Gasteiger partial charge in [-0.2, -0.15) is 0 Å². The second-order valence-corrected chi connectivity index (χ2v) is 6.65. The zero-order valence-electron chi connectivity index (χ0n) is 13.6. The van der Waals surface area contributed by atoms with Crippen molar-refractivity contribution in [2.24, 2.45) is 11.8 Å². The Morgan fingerprint density at radius 1 is 1.05 bits per heavy atom. The number of hydrogen-bond donors (Lipinski definition) is 1. The van der Waals surface area contributed by atoms with Crippen LogP contribution in [0.5, 0.6) is 0 Å². The minimum Gasteiger partial charge on any atom is -0.359 e. The van der Waals surface area contributed by atoms with E-state index in [0.717, 1.165) is 6.42 Å². The van der Waals surface area contributed by atoms with E-state index in [2.05, 4.69) is 66.9 Å². The highest BCUT2D eigenvalue weighted by Crippen LogP contribution is 2.22. The number of rotatable bonds is 4. The molecule has 2 unspecified atom stereocenters. The van der Waals surface area contributed by atoms with E-state index in [1.165, 1.54) is 49.1 Å². The standard InChI is InChI=1S/C21H27N/c1-17-7-9-18(10-8-17)11-12-19-13-15-21(16-14-19)22-20-5-3-2-4-6-20/h5,7,9-13,15-17,19,22H,2-4,6,8,14H2,1H3/b12-11+. The van der Waals surface area contributed by atoms with Crippen LogP contribution in [0.15, 0.2) is 71.7 Å². The van der Waals surface area contributed by atoms with Gasteiger partial charge in [0, 0.05) is 11.4 Å². The lowest BCUT2D eigenvalue weighted by atomic mass is 9.95. The van der Waals surface area contributed by atoms with Crippen LogP contribution in [0.4, 0.5) is 0 Å². The molecule has 0 spiro atoms. The summed E-state index contributed by atoms with van der Waals surface area (Å²) in [5.41, 5.74) is 4.03. The fourth-order valence-electron chi connectivity index (χ4n) is 3.11. The smallest absolute Gasteiger partial charge is 0.0338 e. The first-order valence-corrected chi connectivity index (χ1v) is 8.70. The molecule has 1 N–H and O–H groups in total. The second kappa shape index (κ2) is 7.49. The minimum atomic E-state index is 0.527. The van der Waals surface area contributed by atoms with Crippen LogP contribution in [0.2, 0.25) is 0 Å². The van der Waals surface area contributed by atoms with E-state index in [1.54, 1.807) is 0 Å². The molecule has 3 aliphatic rings. The van der Waals surface area contributed by atoms with Crippen molar-refractivity contribution < 1.29 is 0 Å². The first kappa shape index (κ1) is 15.1. The molecular formula is C21H27N. The number of allylic oxidation sites excluding steroid dienone is 11. The Hall–Kier alpha value is -1.76. The van der Waals surface area contributed by atoms with Crippen LogP contribution in [0.25, 0.3) is 0 Å². The van der Waals surface area contributed by atoms with Gasteiger partial charge in [0.1, 0.15) is 0 Å². The van der Waals surface area contributed by atoms with Crippen LogP contribution >= 0.6 is 0 Å². The molecule has 0 heterocycles. The summed E-state index contributed by atoms with van der Waals surface area (Å²) < 4.78 is 0. The van der Waals surface area contributed by atoms with E-state index in [4.69, 9.17) is 0 Å². The topological polar surface area (TPSA) is 12.0 Å². The Morgan fingerprint density at radius 3 is 2.68 bits per heavy atom. The fourth-order valence-corrected chi connectivity index (χ4v) is 3.11. The molecule has 1 heteroatoms. The van der Waals surface area contributed by atoms with E-state index in [1.807, 2.05) is 0 Å². The van der Waals surface area contributed by atoms with E-state index in [-0.39, 0.29) is 0 Å². The quantitative estimate of drug-likeness (QED) is 0.714. The molecule has 3 rings (SSSR count). The van der Waals surface area contributed by atoms with Crippen LogP contribution in [0.1, 0.15) is 45.4 Å². The molecular weight excluding hydrogens is 266 g/mol. The largest absolute Gasteiger partial charge is 0.359 e. The maximum absolute atomic E-state index is 3.58. The maximum atomic E-state index is 3.58. The Balaban J connectivity index is 1.50. The van der Waals surface area contributed by atoms with Crippen molar-refractivity contribution in [3.05, 3.63) is 71.7 Å². The average molecular weight is 293 g/mol. The third-order valence-corrected chi connectivity index (χ3v) is 4.61. The third-order valence-electron chi connectivity index (χ3n) is 4.61. The van der Waals surface area contributed by atoms with Gasteiger partial charge >= 0.3 is 0 Å². The third kappa shape index (κ3) is 4.37. The van der Waals surface area contributed by atoms with Gasteiger partial charge in [-0.3, -0.25) is 0 Å². The van der Waals surface area contributed by atoms with Crippen molar-refractivity contribution in [3.8, 4) is 0 Å². The molecule has 0 fully saturated rings. The average Bonchev–Trinajstić information content (AvgIpc) is 2.57. The SMILES string of the molecule is CC1C=CC(/C=C/C2C=CC(NC3=CCCCC3)=CC2)=CC1. The highest BCUT2D eigenvalue weighted by Gasteiger charge is 2.09.